The monoisotopic (exact) mass is 380 g/mol. The van der Waals surface area contributed by atoms with Crippen molar-refractivity contribution >= 4 is 11.9 Å². The molecule has 0 aromatic heterocycles. The highest BCUT2D eigenvalue weighted by Crippen LogP contribution is 2.53. The summed E-state index contributed by atoms with van der Waals surface area (Å²) in [5, 5.41) is 12.2. The number of rotatable bonds is 7. The molecule has 1 aliphatic carbocycles. The third-order valence-electron chi connectivity index (χ3n) is 5.15. The van der Waals surface area contributed by atoms with Gasteiger partial charge >= 0.3 is 5.97 Å². The van der Waals surface area contributed by atoms with Crippen LogP contribution in [0.3, 0.4) is 0 Å². The van der Waals surface area contributed by atoms with Gasteiger partial charge in [0.05, 0.1) is 0 Å². The molecule has 3 atom stereocenters. The third-order valence-corrected chi connectivity index (χ3v) is 5.15. The molecule has 4 N–H and O–H groups in total. The number of carboxylic acid groups (broad SMARTS) is 1. The Labute approximate surface area is 166 Å². The van der Waals surface area contributed by atoms with Crippen LogP contribution in [0.4, 0.5) is 0 Å². The fourth-order valence-electron chi connectivity index (χ4n) is 3.04. The summed E-state index contributed by atoms with van der Waals surface area (Å²) in [6.07, 6.45) is 1.75. The Morgan fingerprint density at radius 3 is 2.29 bits per heavy atom. The molecular formula is C23H28N2O3. The lowest BCUT2D eigenvalue weighted by Gasteiger charge is -2.14. The molecule has 1 saturated carbocycles. The van der Waals surface area contributed by atoms with E-state index in [-0.39, 0.29) is 5.92 Å². The minimum Gasteiger partial charge on any atom is -0.480 e. The highest BCUT2D eigenvalue weighted by molar-refractivity contribution is 6.05. The zero-order valence-electron chi connectivity index (χ0n) is 16.4. The first-order valence-corrected chi connectivity index (χ1v) is 9.31. The maximum Gasteiger partial charge on any atom is 0.319 e. The van der Waals surface area contributed by atoms with E-state index in [2.05, 4.69) is 80.3 Å². The fraction of sp³-hybridized carbons (Fsp3) is 0.304. The van der Waals surface area contributed by atoms with Gasteiger partial charge in [-0.25, -0.2) is 0 Å². The molecule has 2 aromatic carbocycles. The molecule has 1 aliphatic rings. The molecule has 0 bridgehead atoms. The van der Waals surface area contributed by atoms with Crippen molar-refractivity contribution < 1.29 is 14.7 Å². The number of carbonyl (C=O) groups excluding carboxylic acids is 1. The van der Waals surface area contributed by atoms with E-state index < -0.39 is 17.3 Å². The predicted molar refractivity (Wildman–Crippen MR) is 110 cm³/mol. The standard InChI is InChI=1S/C16H19N.C7H9NO3/c1-13-8-10-15(11-9-13)12-17-14(2)16-6-4-3-5-7-16;1-2-4-3-7(4,5(8)9)6(10)11/h3-11,14,17H,12H2,1-2H3;2,4H,1,3H2,(H2,8,9)(H,10,11)/t14-;4-,7+/m01/s1. The Bertz CT molecular complexity index is 802. The summed E-state index contributed by atoms with van der Waals surface area (Å²) in [4.78, 5) is 21.2. The third kappa shape index (κ3) is 5.08. The van der Waals surface area contributed by atoms with E-state index in [1.165, 1.54) is 22.8 Å². The van der Waals surface area contributed by atoms with E-state index in [1.807, 2.05) is 0 Å². The first-order valence-electron chi connectivity index (χ1n) is 9.31. The molecule has 5 heteroatoms. The van der Waals surface area contributed by atoms with Gasteiger partial charge in [-0.1, -0.05) is 66.2 Å². The topological polar surface area (TPSA) is 92.4 Å². The molecule has 0 heterocycles. The van der Waals surface area contributed by atoms with E-state index in [0.717, 1.165) is 6.54 Å². The van der Waals surface area contributed by atoms with Crippen LogP contribution in [0.15, 0.2) is 67.3 Å². The van der Waals surface area contributed by atoms with Gasteiger partial charge in [-0.05, 0) is 31.4 Å². The average molecular weight is 380 g/mol. The quantitative estimate of drug-likeness (QED) is 0.505. The van der Waals surface area contributed by atoms with Crippen LogP contribution in [0, 0.1) is 18.3 Å². The summed E-state index contributed by atoms with van der Waals surface area (Å²) in [7, 11) is 0. The molecule has 5 nitrogen and oxygen atoms in total. The lowest BCUT2D eigenvalue weighted by molar-refractivity contribution is -0.148. The van der Waals surface area contributed by atoms with E-state index >= 15 is 0 Å². The number of carboxylic acids is 1. The number of allylic oxidation sites excluding steroid dienone is 1. The van der Waals surface area contributed by atoms with Crippen LogP contribution in [0.25, 0.3) is 0 Å². The van der Waals surface area contributed by atoms with Gasteiger partial charge in [0.25, 0.3) is 0 Å². The van der Waals surface area contributed by atoms with Crippen molar-refractivity contribution in [2.75, 3.05) is 0 Å². The Morgan fingerprint density at radius 1 is 1.25 bits per heavy atom. The Kier molecular flexibility index (Phi) is 7.12. The number of aliphatic carboxylic acids is 1. The van der Waals surface area contributed by atoms with Crippen molar-refractivity contribution in [2.24, 2.45) is 17.1 Å². The number of aryl methyl sites for hydroxylation is 1. The van der Waals surface area contributed by atoms with Gasteiger partial charge in [0.2, 0.25) is 5.91 Å². The molecule has 0 spiro atoms. The first kappa shape index (κ1) is 21.4. The SMILES string of the molecule is C=C[C@@H]1C[C@]1(C(N)=O)C(=O)O.Cc1ccc(CN[C@@H](C)c2ccccc2)cc1. The smallest absolute Gasteiger partial charge is 0.319 e. The van der Waals surface area contributed by atoms with Crippen LogP contribution >= 0.6 is 0 Å². The van der Waals surface area contributed by atoms with Gasteiger partial charge < -0.3 is 16.2 Å². The zero-order valence-corrected chi connectivity index (χ0v) is 16.4. The zero-order chi connectivity index (χ0) is 20.7. The van der Waals surface area contributed by atoms with Crippen LogP contribution in [0.5, 0.6) is 0 Å². The second-order valence-electron chi connectivity index (χ2n) is 7.19. The molecule has 1 amide bonds. The van der Waals surface area contributed by atoms with Gasteiger partial charge in [0.15, 0.2) is 5.41 Å². The first-order chi connectivity index (χ1) is 13.3. The molecule has 0 radical (unpaired) electrons. The van der Waals surface area contributed by atoms with Crippen molar-refractivity contribution in [3.8, 4) is 0 Å². The highest BCUT2D eigenvalue weighted by atomic mass is 16.4. The van der Waals surface area contributed by atoms with Crippen LogP contribution in [0.1, 0.15) is 36.1 Å². The van der Waals surface area contributed by atoms with Gasteiger partial charge in [0.1, 0.15) is 0 Å². The summed E-state index contributed by atoms with van der Waals surface area (Å²) >= 11 is 0. The van der Waals surface area contributed by atoms with Crippen LogP contribution in [0.2, 0.25) is 0 Å². The summed E-state index contributed by atoms with van der Waals surface area (Å²) in [5.41, 5.74) is 7.56. The fourth-order valence-corrected chi connectivity index (χ4v) is 3.04. The van der Waals surface area contributed by atoms with E-state index in [9.17, 15) is 9.59 Å². The number of hydrogen-bond donors (Lipinski definition) is 3. The summed E-state index contributed by atoms with van der Waals surface area (Å²) in [6, 6.07) is 19.6. The lowest BCUT2D eigenvalue weighted by Crippen LogP contribution is -2.33. The molecule has 0 aliphatic heterocycles. The lowest BCUT2D eigenvalue weighted by atomic mass is 10.0. The summed E-state index contributed by atoms with van der Waals surface area (Å²) in [6.45, 7) is 8.64. The maximum absolute atomic E-state index is 10.7. The number of hydrogen-bond acceptors (Lipinski definition) is 3. The highest BCUT2D eigenvalue weighted by Gasteiger charge is 2.63. The van der Waals surface area contributed by atoms with Gasteiger partial charge in [-0.2, -0.15) is 0 Å². The second-order valence-corrected chi connectivity index (χ2v) is 7.19. The number of amides is 1. The molecule has 28 heavy (non-hydrogen) atoms. The minimum atomic E-state index is -1.35. The molecule has 0 saturated heterocycles. The summed E-state index contributed by atoms with van der Waals surface area (Å²) < 4.78 is 0. The number of nitrogens with one attached hydrogen (secondary N) is 1. The minimum absolute atomic E-state index is 0.280. The van der Waals surface area contributed by atoms with E-state index in [4.69, 9.17) is 10.8 Å². The largest absolute Gasteiger partial charge is 0.480 e. The van der Waals surface area contributed by atoms with Crippen molar-refractivity contribution in [3.63, 3.8) is 0 Å². The van der Waals surface area contributed by atoms with Gasteiger partial charge in [0, 0.05) is 18.5 Å². The van der Waals surface area contributed by atoms with Crippen LogP contribution < -0.4 is 11.1 Å². The molecule has 0 unspecified atom stereocenters. The van der Waals surface area contributed by atoms with Crippen molar-refractivity contribution in [1.29, 1.82) is 0 Å². The Morgan fingerprint density at radius 2 is 1.86 bits per heavy atom. The molecule has 3 rings (SSSR count). The normalized spacial score (nSPS) is 21.0. The average Bonchev–Trinajstić information content (AvgIpc) is 3.45. The Balaban J connectivity index is 0.000000221. The number of benzene rings is 2. The summed E-state index contributed by atoms with van der Waals surface area (Å²) in [5.74, 6) is -2.19. The molecule has 1 fully saturated rings. The number of nitrogens with two attached hydrogens (primary N) is 1. The van der Waals surface area contributed by atoms with E-state index in [0.29, 0.717) is 12.5 Å². The Hall–Kier alpha value is -2.92. The second kappa shape index (κ2) is 9.33. The molecule has 2 aromatic rings. The maximum atomic E-state index is 10.7. The van der Waals surface area contributed by atoms with E-state index in [1.54, 1.807) is 0 Å². The predicted octanol–water partition coefficient (Wildman–Crippen LogP) is 3.59. The van der Waals surface area contributed by atoms with Crippen LogP contribution in [-0.2, 0) is 16.1 Å². The van der Waals surface area contributed by atoms with Crippen molar-refractivity contribution in [1.82, 2.24) is 5.32 Å². The number of primary amides is 1. The molecular weight excluding hydrogens is 352 g/mol. The van der Waals surface area contributed by atoms with Crippen LogP contribution in [-0.4, -0.2) is 17.0 Å². The molecule has 148 valence electrons. The van der Waals surface area contributed by atoms with Crippen molar-refractivity contribution in [2.45, 2.75) is 32.9 Å². The number of carbonyl (C=O) groups is 2. The van der Waals surface area contributed by atoms with Gasteiger partial charge in [-0.3, -0.25) is 9.59 Å². The van der Waals surface area contributed by atoms with Crippen molar-refractivity contribution in [3.05, 3.63) is 83.9 Å². The van der Waals surface area contributed by atoms with Gasteiger partial charge in [-0.15, -0.1) is 6.58 Å².